The zero-order chi connectivity index (χ0) is 17.9. The van der Waals surface area contributed by atoms with Crippen molar-refractivity contribution in [1.29, 1.82) is 0 Å². The minimum Gasteiger partial charge on any atom is -0.340 e. The van der Waals surface area contributed by atoms with Crippen molar-refractivity contribution in [3.8, 4) is 0 Å². The summed E-state index contributed by atoms with van der Waals surface area (Å²) in [6.07, 6.45) is -3.79. The number of para-hydroxylation sites is 1. The molecule has 0 atom stereocenters. The van der Waals surface area contributed by atoms with Crippen molar-refractivity contribution >= 4 is 45.7 Å². The molecule has 3 rings (SSSR count). The van der Waals surface area contributed by atoms with Gasteiger partial charge in [-0.3, -0.25) is 0 Å². The Morgan fingerprint density at radius 3 is 2.12 bits per heavy atom. The Balaban J connectivity index is 1.94. The summed E-state index contributed by atoms with van der Waals surface area (Å²) >= 11 is 2.12. The Morgan fingerprint density at radius 2 is 1.48 bits per heavy atom. The normalized spacial score (nSPS) is 11.2. The summed E-state index contributed by atoms with van der Waals surface area (Å²) in [5.74, 6) is -0.227. The second-order valence-electron chi connectivity index (χ2n) is 5.08. The first-order valence-electron chi connectivity index (χ1n) is 7.21. The van der Waals surface area contributed by atoms with E-state index < -0.39 is 11.7 Å². The first-order valence-corrected chi connectivity index (χ1v) is 8.28. The van der Waals surface area contributed by atoms with Crippen molar-refractivity contribution in [3.05, 3.63) is 69.9 Å². The third kappa shape index (κ3) is 4.59. The van der Waals surface area contributed by atoms with Crippen molar-refractivity contribution in [1.82, 2.24) is 9.97 Å². The van der Waals surface area contributed by atoms with Gasteiger partial charge in [-0.15, -0.1) is 0 Å². The van der Waals surface area contributed by atoms with Crippen molar-refractivity contribution in [3.63, 3.8) is 0 Å². The van der Waals surface area contributed by atoms with E-state index >= 15 is 0 Å². The molecule has 2 N–H and O–H groups in total. The van der Waals surface area contributed by atoms with Crippen molar-refractivity contribution in [2.75, 3.05) is 10.6 Å². The zero-order valence-electron chi connectivity index (χ0n) is 12.7. The van der Waals surface area contributed by atoms with Crippen LogP contribution >= 0.6 is 22.6 Å². The van der Waals surface area contributed by atoms with Gasteiger partial charge in [0.05, 0.1) is 0 Å². The van der Waals surface area contributed by atoms with Crippen LogP contribution in [0.4, 0.5) is 36.3 Å². The Kier molecular flexibility index (Phi) is 5.07. The maximum Gasteiger partial charge on any atom is 0.421 e. The summed E-state index contributed by atoms with van der Waals surface area (Å²) in [6, 6.07) is 15.9. The van der Waals surface area contributed by atoms with Gasteiger partial charge in [-0.2, -0.15) is 18.2 Å². The molecule has 1 aromatic heterocycles. The first kappa shape index (κ1) is 17.5. The Bertz CT molecular complexity index is 852. The monoisotopic (exact) mass is 456 g/mol. The van der Waals surface area contributed by atoms with Crippen LogP contribution in [0.5, 0.6) is 0 Å². The summed E-state index contributed by atoms with van der Waals surface area (Å²) < 4.78 is 40.7. The van der Waals surface area contributed by atoms with Crippen LogP contribution in [0.2, 0.25) is 0 Å². The number of anilines is 4. The van der Waals surface area contributed by atoms with E-state index in [1.165, 1.54) is 0 Å². The van der Waals surface area contributed by atoms with Gasteiger partial charge in [-0.1, -0.05) is 18.2 Å². The molecule has 0 saturated carbocycles. The van der Waals surface area contributed by atoms with Gasteiger partial charge in [0.25, 0.3) is 0 Å². The van der Waals surface area contributed by atoms with Crippen LogP contribution in [0.15, 0.2) is 60.8 Å². The van der Waals surface area contributed by atoms with E-state index in [4.69, 9.17) is 0 Å². The minimum atomic E-state index is -4.56. The molecular formula is C17H12F3IN4. The van der Waals surface area contributed by atoms with E-state index in [-0.39, 0.29) is 11.8 Å². The molecule has 0 saturated heterocycles. The lowest BCUT2D eigenvalue weighted by Crippen LogP contribution is -2.12. The molecule has 0 bridgehead atoms. The van der Waals surface area contributed by atoms with E-state index in [1.807, 2.05) is 6.07 Å². The number of hydrogen-bond acceptors (Lipinski definition) is 4. The standard InChI is InChI=1S/C17H12F3IN4/c18-17(19,20)14-10-22-16(24-12-4-2-1-3-5-12)25-15(14)23-13-8-6-11(21)7-9-13/h1-10H,(H2,22,23,24,25). The van der Waals surface area contributed by atoms with Gasteiger partial charge in [0, 0.05) is 21.1 Å². The Hall–Kier alpha value is -2.36. The third-order valence-corrected chi connectivity index (χ3v) is 3.95. The minimum absolute atomic E-state index is 0.0761. The van der Waals surface area contributed by atoms with Crippen LogP contribution in [0.25, 0.3) is 0 Å². The summed E-state index contributed by atoms with van der Waals surface area (Å²) in [7, 11) is 0. The number of aromatic nitrogens is 2. The summed E-state index contributed by atoms with van der Waals surface area (Å²) in [4.78, 5) is 7.77. The van der Waals surface area contributed by atoms with Crippen LogP contribution in [-0.2, 0) is 6.18 Å². The maximum atomic E-state index is 13.2. The highest BCUT2D eigenvalue weighted by Gasteiger charge is 2.35. The van der Waals surface area contributed by atoms with Crippen LogP contribution < -0.4 is 10.6 Å². The molecule has 0 aliphatic carbocycles. The van der Waals surface area contributed by atoms with Crippen molar-refractivity contribution in [2.24, 2.45) is 0 Å². The lowest BCUT2D eigenvalue weighted by atomic mass is 10.2. The molecule has 0 unspecified atom stereocenters. The highest BCUT2D eigenvalue weighted by Crippen LogP contribution is 2.35. The second-order valence-corrected chi connectivity index (χ2v) is 6.32. The molecule has 2 aromatic carbocycles. The highest BCUT2D eigenvalue weighted by molar-refractivity contribution is 14.1. The number of nitrogens with one attached hydrogen (secondary N) is 2. The molecule has 3 aromatic rings. The van der Waals surface area contributed by atoms with Gasteiger partial charge < -0.3 is 10.6 Å². The SMILES string of the molecule is FC(F)(F)c1cnc(Nc2ccccc2)nc1Nc1ccc(I)cc1. The van der Waals surface area contributed by atoms with Gasteiger partial charge in [0.15, 0.2) is 0 Å². The van der Waals surface area contributed by atoms with Crippen LogP contribution in [0.1, 0.15) is 5.56 Å². The van der Waals surface area contributed by atoms with Gasteiger partial charge in [-0.25, -0.2) is 4.98 Å². The number of hydrogen-bond donors (Lipinski definition) is 2. The molecule has 8 heteroatoms. The van der Waals surface area contributed by atoms with Crippen molar-refractivity contribution < 1.29 is 13.2 Å². The second kappa shape index (κ2) is 7.26. The van der Waals surface area contributed by atoms with Crippen LogP contribution in [0, 0.1) is 3.57 Å². The molecule has 0 radical (unpaired) electrons. The van der Waals surface area contributed by atoms with Crippen molar-refractivity contribution in [2.45, 2.75) is 6.18 Å². The topological polar surface area (TPSA) is 49.8 Å². The molecule has 25 heavy (non-hydrogen) atoms. The molecule has 0 fully saturated rings. The fraction of sp³-hybridized carbons (Fsp3) is 0.0588. The summed E-state index contributed by atoms with van der Waals surface area (Å²) in [5.41, 5.74) is 0.266. The predicted octanol–water partition coefficient (Wildman–Crippen LogP) is 5.59. The lowest BCUT2D eigenvalue weighted by Gasteiger charge is -2.15. The molecular weight excluding hydrogens is 444 g/mol. The van der Waals surface area contributed by atoms with E-state index in [9.17, 15) is 13.2 Å². The van der Waals surface area contributed by atoms with E-state index in [1.54, 1.807) is 48.5 Å². The van der Waals surface area contributed by atoms with Gasteiger partial charge >= 0.3 is 6.18 Å². The zero-order valence-corrected chi connectivity index (χ0v) is 14.8. The molecule has 4 nitrogen and oxygen atoms in total. The third-order valence-electron chi connectivity index (χ3n) is 3.23. The van der Waals surface area contributed by atoms with Gasteiger partial charge in [0.2, 0.25) is 5.95 Å². The Morgan fingerprint density at radius 1 is 0.840 bits per heavy atom. The average molecular weight is 456 g/mol. The fourth-order valence-corrected chi connectivity index (χ4v) is 2.42. The number of nitrogens with zero attached hydrogens (tertiary/aromatic N) is 2. The largest absolute Gasteiger partial charge is 0.421 e. The van der Waals surface area contributed by atoms with E-state index in [0.717, 1.165) is 9.77 Å². The lowest BCUT2D eigenvalue weighted by molar-refractivity contribution is -0.137. The Labute approximate surface area is 155 Å². The molecule has 0 spiro atoms. The number of benzene rings is 2. The molecule has 0 amide bonds. The quantitative estimate of drug-likeness (QED) is 0.503. The number of alkyl halides is 3. The number of halogens is 4. The number of rotatable bonds is 4. The molecule has 0 aliphatic heterocycles. The van der Waals surface area contributed by atoms with Gasteiger partial charge in [0.1, 0.15) is 11.4 Å². The van der Waals surface area contributed by atoms with Crippen LogP contribution in [-0.4, -0.2) is 9.97 Å². The highest BCUT2D eigenvalue weighted by atomic mass is 127. The molecule has 128 valence electrons. The van der Waals surface area contributed by atoms with Gasteiger partial charge in [-0.05, 0) is 59.0 Å². The predicted molar refractivity (Wildman–Crippen MR) is 99.2 cm³/mol. The smallest absolute Gasteiger partial charge is 0.340 e. The average Bonchev–Trinajstić information content (AvgIpc) is 2.57. The molecule has 0 aliphatic rings. The van der Waals surface area contributed by atoms with Crippen LogP contribution in [0.3, 0.4) is 0 Å². The fourth-order valence-electron chi connectivity index (χ4n) is 2.07. The molecule has 1 heterocycles. The first-order chi connectivity index (χ1) is 11.9. The summed E-state index contributed by atoms with van der Waals surface area (Å²) in [5, 5.41) is 5.61. The van der Waals surface area contributed by atoms with E-state index in [0.29, 0.717) is 11.4 Å². The van der Waals surface area contributed by atoms with E-state index in [2.05, 4.69) is 43.2 Å². The maximum absolute atomic E-state index is 13.2. The summed E-state index contributed by atoms with van der Waals surface area (Å²) in [6.45, 7) is 0.